The van der Waals surface area contributed by atoms with Gasteiger partial charge in [-0.05, 0) is 37.7 Å². The van der Waals surface area contributed by atoms with E-state index in [1.807, 2.05) is 6.92 Å². The molecule has 3 heteroatoms. The van der Waals surface area contributed by atoms with Gasteiger partial charge in [-0.1, -0.05) is 30.3 Å². The van der Waals surface area contributed by atoms with E-state index in [9.17, 15) is 0 Å². The van der Waals surface area contributed by atoms with Gasteiger partial charge in [-0.2, -0.15) is 0 Å². The van der Waals surface area contributed by atoms with Gasteiger partial charge in [0, 0.05) is 13.2 Å². The molecule has 1 aliphatic carbocycles. The first kappa shape index (κ1) is 14.5. The van der Waals surface area contributed by atoms with Gasteiger partial charge in [-0.3, -0.25) is 0 Å². The van der Waals surface area contributed by atoms with Crippen LogP contribution in [0.5, 0.6) is 0 Å². The molecular weight excluding hydrogens is 238 g/mol. The molecular formula is C16H25NO2. The molecule has 0 aliphatic heterocycles. The van der Waals surface area contributed by atoms with E-state index in [0.717, 1.165) is 19.3 Å². The molecule has 2 rings (SSSR count). The average molecular weight is 263 g/mol. The molecule has 0 aromatic heterocycles. The van der Waals surface area contributed by atoms with Gasteiger partial charge in [0.05, 0.1) is 18.8 Å². The second-order valence-corrected chi connectivity index (χ2v) is 5.53. The highest BCUT2D eigenvalue weighted by atomic mass is 16.5. The topological polar surface area (TPSA) is 44.5 Å². The van der Waals surface area contributed by atoms with Crippen molar-refractivity contribution in [3.63, 3.8) is 0 Å². The van der Waals surface area contributed by atoms with Crippen molar-refractivity contribution in [2.24, 2.45) is 5.73 Å². The lowest BCUT2D eigenvalue weighted by atomic mass is 9.80. The standard InChI is InChI=1S/C16H25NO2/c1-12(11-18-2)19-16-10-14(8-9-15(16)17)13-6-4-3-5-7-13/h3-7,12,14-16H,8-11,17H2,1-2H3. The highest BCUT2D eigenvalue weighted by Crippen LogP contribution is 2.34. The number of nitrogens with two attached hydrogens (primary N) is 1. The van der Waals surface area contributed by atoms with Crippen LogP contribution in [0.2, 0.25) is 0 Å². The number of methoxy groups -OCH3 is 1. The zero-order chi connectivity index (χ0) is 13.7. The maximum Gasteiger partial charge on any atom is 0.0784 e. The molecule has 3 nitrogen and oxygen atoms in total. The maximum atomic E-state index is 6.20. The predicted octanol–water partition coefficient (Wildman–Crippen LogP) is 2.70. The van der Waals surface area contributed by atoms with Gasteiger partial charge < -0.3 is 15.2 Å². The van der Waals surface area contributed by atoms with E-state index in [2.05, 4.69) is 30.3 Å². The van der Waals surface area contributed by atoms with E-state index in [-0.39, 0.29) is 18.2 Å². The molecule has 0 saturated heterocycles. The smallest absolute Gasteiger partial charge is 0.0784 e. The van der Waals surface area contributed by atoms with Crippen LogP contribution in [-0.4, -0.2) is 32.0 Å². The molecule has 19 heavy (non-hydrogen) atoms. The quantitative estimate of drug-likeness (QED) is 0.888. The largest absolute Gasteiger partial charge is 0.382 e. The van der Waals surface area contributed by atoms with Crippen molar-refractivity contribution in [2.45, 2.75) is 50.4 Å². The Bertz CT molecular complexity index is 368. The maximum absolute atomic E-state index is 6.20. The first-order valence-electron chi connectivity index (χ1n) is 7.15. The number of hydrogen-bond acceptors (Lipinski definition) is 3. The van der Waals surface area contributed by atoms with Crippen molar-refractivity contribution in [3.05, 3.63) is 35.9 Å². The number of benzene rings is 1. The van der Waals surface area contributed by atoms with Crippen molar-refractivity contribution < 1.29 is 9.47 Å². The first-order valence-corrected chi connectivity index (χ1v) is 7.15. The molecule has 1 saturated carbocycles. The van der Waals surface area contributed by atoms with Gasteiger partial charge in [0.2, 0.25) is 0 Å². The van der Waals surface area contributed by atoms with Gasteiger partial charge in [-0.15, -0.1) is 0 Å². The van der Waals surface area contributed by atoms with Gasteiger partial charge in [0.1, 0.15) is 0 Å². The third-order valence-electron chi connectivity index (χ3n) is 3.92. The third kappa shape index (κ3) is 4.03. The summed E-state index contributed by atoms with van der Waals surface area (Å²) in [6, 6.07) is 10.8. The van der Waals surface area contributed by atoms with E-state index < -0.39 is 0 Å². The van der Waals surface area contributed by atoms with Gasteiger partial charge in [0.15, 0.2) is 0 Å². The molecule has 1 aromatic carbocycles. The third-order valence-corrected chi connectivity index (χ3v) is 3.92. The van der Waals surface area contributed by atoms with Crippen molar-refractivity contribution in [3.8, 4) is 0 Å². The van der Waals surface area contributed by atoms with Crippen molar-refractivity contribution in [1.82, 2.24) is 0 Å². The predicted molar refractivity (Wildman–Crippen MR) is 77.2 cm³/mol. The van der Waals surface area contributed by atoms with Crippen molar-refractivity contribution in [1.29, 1.82) is 0 Å². The van der Waals surface area contributed by atoms with Gasteiger partial charge in [-0.25, -0.2) is 0 Å². The Morgan fingerprint density at radius 1 is 1.26 bits per heavy atom. The molecule has 4 unspecified atom stereocenters. The van der Waals surface area contributed by atoms with Crippen LogP contribution in [0.1, 0.15) is 37.7 Å². The zero-order valence-electron chi connectivity index (χ0n) is 11.9. The molecule has 0 amide bonds. The van der Waals surface area contributed by atoms with Gasteiger partial charge in [0.25, 0.3) is 0 Å². The summed E-state index contributed by atoms with van der Waals surface area (Å²) >= 11 is 0. The van der Waals surface area contributed by atoms with Crippen LogP contribution in [-0.2, 0) is 9.47 Å². The number of ether oxygens (including phenoxy) is 2. The Balaban J connectivity index is 1.96. The fraction of sp³-hybridized carbons (Fsp3) is 0.625. The molecule has 2 N–H and O–H groups in total. The van der Waals surface area contributed by atoms with Crippen molar-refractivity contribution >= 4 is 0 Å². The Labute approximate surface area is 116 Å². The van der Waals surface area contributed by atoms with Crippen LogP contribution in [0.15, 0.2) is 30.3 Å². The summed E-state index contributed by atoms with van der Waals surface area (Å²) in [5.74, 6) is 0.570. The fourth-order valence-corrected chi connectivity index (χ4v) is 2.91. The highest BCUT2D eigenvalue weighted by Gasteiger charge is 2.30. The van der Waals surface area contributed by atoms with Crippen LogP contribution >= 0.6 is 0 Å². The van der Waals surface area contributed by atoms with E-state index in [0.29, 0.717) is 12.5 Å². The Morgan fingerprint density at radius 2 is 2.00 bits per heavy atom. The summed E-state index contributed by atoms with van der Waals surface area (Å²) in [7, 11) is 1.70. The lowest BCUT2D eigenvalue weighted by Crippen LogP contribution is -2.43. The van der Waals surface area contributed by atoms with Crippen LogP contribution in [0.3, 0.4) is 0 Å². The average Bonchev–Trinajstić information content (AvgIpc) is 2.42. The zero-order valence-corrected chi connectivity index (χ0v) is 11.9. The SMILES string of the molecule is COCC(C)OC1CC(c2ccccc2)CCC1N. The second-order valence-electron chi connectivity index (χ2n) is 5.53. The first-order chi connectivity index (χ1) is 9.20. The lowest BCUT2D eigenvalue weighted by Gasteiger charge is -2.35. The summed E-state index contributed by atoms with van der Waals surface area (Å²) in [5.41, 5.74) is 7.60. The van der Waals surface area contributed by atoms with Crippen LogP contribution in [0.4, 0.5) is 0 Å². The normalized spacial score (nSPS) is 29.1. The molecule has 1 fully saturated rings. The molecule has 1 aromatic rings. The Kier molecular flexibility index (Phi) is 5.37. The van der Waals surface area contributed by atoms with Crippen LogP contribution in [0.25, 0.3) is 0 Å². The molecule has 1 aliphatic rings. The molecule has 106 valence electrons. The Morgan fingerprint density at radius 3 is 2.68 bits per heavy atom. The van der Waals surface area contributed by atoms with E-state index in [1.54, 1.807) is 7.11 Å². The van der Waals surface area contributed by atoms with Crippen LogP contribution < -0.4 is 5.73 Å². The summed E-state index contributed by atoms with van der Waals surface area (Å²) in [5, 5.41) is 0. The second kappa shape index (κ2) is 7.04. The molecule has 0 heterocycles. The highest BCUT2D eigenvalue weighted by molar-refractivity contribution is 5.20. The van der Waals surface area contributed by atoms with E-state index >= 15 is 0 Å². The fourth-order valence-electron chi connectivity index (χ4n) is 2.91. The minimum Gasteiger partial charge on any atom is -0.382 e. The lowest BCUT2D eigenvalue weighted by molar-refractivity contribution is -0.0626. The van der Waals surface area contributed by atoms with E-state index in [1.165, 1.54) is 5.56 Å². The molecule has 0 bridgehead atoms. The number of rotatable bonds is 5. The summed E-state index contributed by atoms with van der Waals surface area (Å²) < 4.78 is 11.2. The minimum absolute atomic E-state index is 0.107. The molecule has 0 spiro atoms. The Hall–Kier alpha value is -0.900. The summed E-state index contributed by atoms with van der Waals surface area (Å²) in [6.07, 6.45) is 3.45. The monoisotopic (exact) mass is 263 g/mol. The minimum atomic E-state index is 0.107. The van der Waals surface area contributed by atoms with E-state index in [4.69, 9.17) is 15.2 Å². The van der Waals surface area contributed by atoms with Crippen LogP contribution in [0, 0.1) is 0 Å². The molecule has 0 radical (unpaired) electrons. The van der Waals surface area contributed by atoms with Gasteiger partial charge >= 0.3 is 0 Å². The van der Waals surface area contributed by atoms with Crippen molar-refractivity contribution in [2.75, 3.05) is 13.7 Å². The summed E-state index contributed by atoms with van der Waals surface area (Å²) in [6.45, 7) is 2.67. The summed E-state index contributed by atoms with van der Waals surface area (Å²) in [4.78, 5) is 0. The molecule has 4 atom stereocenters. The number of hydrogen-bond donors (Lipinski definition) is 1.